The van der Waals surface area contributed by atoms with Crippen LogP contribution in [0.3, 0.4) is 0 Å². The maximum atomic E-state index is 13.6. The molecule has 0 bridgehead atoms. The van der Waals surface area contributed by atoms with Crippen molar-refractivity contribution in [3.63, 3.8) is 0 Å². The van der Waals surface area contributed by atoms with Crippen molar-refractivity contribution in [2.75, 3.05) is 50.8 Å². The quantitative estimate of drug-likeness (QED) is 0.470. The lowest BCUT2D eigenvalue weighted by Crippen LogP contribution is -2.50. The van der Waals surface area contributed by atoms with Crippen molar-refractivity contribution in [2.45, 2.75) is 19.9 Å². The number of piperazine rings is 1. The maximum absolute atomic E-state index is 13.6. The summed E-state index contributed by atoms with van der Waals surface area (Å²) in [5, 5.41) is 1.08. The van der Waals surface area contributed by atoms with Gasteiger partial charge in [0.2, 0.25) is 0 Å². The molecule has 11 heteroatoms. The van der Waals surface area contributed by atoms with Crippen LogP contribution in [0.1, 0.15) is 34.7 Å². The van der Waals surface area contributed by atoms with Crippen molar-refractivity contribution in [2.24, 2.45) is 0 Å². The fraction of sp³-hybridized carbons (Fsp3) is 0.423. The van der Waals surface area contributed by atoms with E-state index >= 15 is 0 Å². The Hall–Kier alpha value is -2.95. The van der Waals surface area contributed by atoms with Gasteiger partial charge in [0.1, 0.15) is 10.8 Å². The first-order valence-corrected chi connectivity index (χ1v) is 14.6. The van der Waals surface area contributed by atoms with E-state index in [1.54, 1.807) is 39.9 Å². The van der Waals surface area contributed by atoms with Crippen molar-refractivity contribution >= 4 is 44.2 Å². The summed E-state index contributed by atoms with van der Waals surface area (Å²) in [6.07, 6.45) is 1.59. The minimum absolute atomic E-state index is 0.0275. The molecule has 2 saturated heterocycles. The fourth-order valence-electron chi connectivity index (χ4n) is 4.99. The zero-order valence-electron chi connectivity index (χ0n) is 20.9. The summed E-state index contributed by atoms with van der Waals surface area (Å²) < 4.78 is 25.6. The van der Waals surface area contributed by atoms with E-state index in [4.69, 9.17) is 11.6 Å². The van der Waals surface area contributed by atoms with Gasteiger partial charge in [0.15, 0.2) is 9.84 Å². The highest BCUT2D eigenvalue weighted by Crippen LogP contribution is 2.28. The lowest BCUT2D eigenvalue weighted by atomic mass is 10.1. The van der Waals surface area contributed by atoms with E-state index in [1.165, 1.54) is 0 Å². The molecule has 5 rings (SSSR count). The van der Waals surface area contributed by atoms with Gasteiger partial charge >= 0.3 is 0 Å². The highest BCUT2D eigenvalue weighted by atomic mass is 35.5. The molecule has 0 unspecified atom stereocenters. The van der Waals surface area contributed by atoms with Gasteiger partial charge < -0.3 is 14.4 Å². The van der Waals surface area contributed by atoms with E-state index in [9.17, 15) is 18.0 Å². The molecule has 4 heterocycles. The molecule has 0 aliphatic carbocycles. The van der Waals surface area contributed by atoms with Crippen molar-refractivity contribution in [1.82, 2.24) is 24.3 Å². The third kappa shape index (κ3) is 5.23. The second-order valence-corrected chi connectivity index (χ2v) is 12.5. The monoisotopic (exact) mass is 543 g/mol. The molecule has 0 saturated carbocycles. The van der Waals surface area contributed by atoms with Crippen molar-refractivity contribution in [3.8, 4) is 5.69 Å². The number of fused-ring (bicyclic) bond motifs is 1. The van der Waals surface area contributed by atoms with Crippen LogP contribution in [0.15, 0.2) is 42.6 Å². The molecule has 0 N–H and O–H groups in total. The van der Waals surface area contributed by atoms with Gasteiger partial charge in [-0.25, -0.2) is 13.4 Å². The molecule has 2 aliphatic heterocycles. The molecule has 37 heavy (non-hydrogen) atoms. The van der Waals surface area contributed by atoms with Gasteiger partial charge in [0, 0.05) is 56.3 Å². The van der Waals surface area contributed by atoms with Crippen molar-refractivity contribution < 1.29 is 18.0 Å². The predicted octanol–water partition coefficient (Wildman–Crippen LogP) is 2.72. The third-order valence-corrected chi connectivity index (χ3v) is 9.03. The van der Waals surface area contributed by atoms with Crippen LogP contribution in [-0.4, -0.2) is 101 Å². The van der Waals surface area contributed by atoms with Crippen molar-refractivity contribution in [3.05, 3.63) is 59.0 Å². The Morgan fingerprint density at radius 3 is 2.19 bits per heavy atom. The van der Waals surface area contributed by atoms with Gasteiger partial charge in [0.25, 0.3) is 11.8 Å². The highest BCUT2D eigenvalue weighted by Gasteiger charge is 2.29. The largest absolute Gasteiger partial charge is 0.336 e. The average molecular weight is 544 g/mol. The predicted molar refractivity (Wildman–Crippen MR) is 143 cm³/mol. The first-order chi connectivity index (χ1) is 17.6. The van der Waals surface area contributed by atoms with Crippen LogP contribution in [0.2, 0.25) is 5.15 Å². The number of rotatable bonds is 4. The Morgan fingerprint density at radius 1 is 0.892 bits per heavy atom. The number of hydrogen-bond acceptors (Lipinski definition) is 6. The number of carbonyl (C=O) groups is 2. The molecule has 2 aliphatic rings. The van der Waals surface area contributed by atoms with Crippen LogP contribution in [-0.2, 0) is 9.84 Å². The number of aromatic nitrogens is 2. The second-order valence-electron chi connectivity index (χ2n) is 9.84. The van der Waals surface area contributed by atoms with Crippen molar-refractivity contribution in [1.29, 1.82) is 0 Å². The number of hydrogen-bond donors (Lipinski definition) is 0. The van der Waals surface area contributed by atoms with E-state index in [1.807, 2.05) is 17.0 Å². The number of pyridine rings is 1. The van der Waals surface area contributed by atoms with Gasteiger partial charge in [-0.2, -0.15) is 0 Å². The summed E-state index contributed by atoms with van der Waals surface area (Å²) in [5.41, 5.74) is 2.35. The first-order valence-electron chi connectivity index (χ1n) is 12.4. The Bertz CT molecular complexity index is 1430. The summed E-state index contributed by atoms with van der Waals surface area (Å²) in [5.74, 6) is -0.395. The minimum Gasteiger partial charge on any atom is -0.336 e. The zero-order valence-corrected chi connectivity index (χ0v) is 22.5. The fourth-order valence-corrected chi connectivity index (χ4v) is 6.30. The second kappa shape index (κ2) is 10.1. The normalized spacial score (nSPS) is 18.5. The molecule has 2 fully saturated rings. The third-order valence-electron chi connectivity index (χ3n) is 7.20. The lowest BCUT2D eigenvalue weighted by molar-refractivity contribution is 0.0595. The van der Waals surface area contributed by atoms with E-state index in [0.717, 1.165) is 24.0 Å². The molecular weight excluding hydrogens is 514 g/mol. The van der Waals surface area contributed by atoms with E-state index in [-0.39, 0.29) is 36.4 Å². The molecule has 1 aromatic carbocycles. The minimum atomic E-state index is -3.13. The molecule has 0 atom stereocenters. The number of amides is 2. The van der Waals surface area contributed by atoms with Crippen LogP contribution < -0.4 is 0 Å². The van der Waals surface area contributed by atoms with E-state index in [0.29, 0.717) is 41.2 Å². The molecule has 9 nitrogen and oxygen atoms in total. The molecule has 0 radical (unpaired) electrons. The number of nitrogens with zero attached hydrogens (tertiary/aromatic N) is 5. The van der Waals surface area contributed by atoms with Gasteiger partial charge in [0.05, 0.1) is 28.9 Å². The van der Waals surface area contributed by atoms with Crippen LogP contribution in [0.5, 0.6) is 0 Å². The first kappa shape index (κ1) is 25.7. The van der Waals surface area contributed by atoms with Crippen LogP contribution >= 0.6 is 11.6 Å². The molecule has 2 amide bonds. The summed E-state index contributed by atoms with van der Waals surface area (Å²) >= 11 is 6.00. The zero-order chi connectivity index (χ0) is 26.3. The lowest BCUT2D eigenvalue weighted by Gasteiger charge is -2.37. The molecule has 2 aromatic heterocycles. The Morgan fingerprint density at radius 2 is 1.57 bits per heavy atom. The summed E-state index contributed by atoms with van der Waals surface area (Å²) in [7, 11) is -3.13. The standard InChI is InChI=1S/C26H30ClN5O4S/c1-18(2)29-7-9-30(10-8-29)25(33)19-3-5-22-20(15-19)16-23(32(22)21-4-6-24(27)28-17-21)26(34)31-11-13-37(35,36)14-12-31/h3-6,15-18H,7-14H2,1-2H3. The SMILES string of the molecule is CC(C)N1CCN(C(=O)c2ccc3c(c2)cc(C(=O)N2CCS(=O)(=O)CC2)n3-c2ccc(Cl)nc2)CC1. The van der Waals surface area contributed by atoms with Gasteiger partial charge in [-0.15, -0.1) is 0 Å². The maximum Gasteiger partial charge on any atom is 0.270 e. The van der Waals surface area contributed by atoms with E-state index in [2.05, 4.69) is 23.7 Å². The van der Waals surface area contributed by atoms with Crippen LogP contribution in [0.4, 0.5) is 0 Å². The summed E-state index contributed by atoms with van der Waals surface area (Å²) in [6.45, 7) is 7.65. The van der Waals surface area contributed by atoms with Crippen LogP contribution in [0.25, 0.3) is 16.6 Å². The summed E-state index contributed by atoms with van der Waals surface area (Å²) in [4.78, 5) is 36.9. The molecule has 196 valence electrons. The molecular formula is C26H30ClN5O4S. The highest BCUT2D eigenvalue weighted by molar-refractivity contribution is 7.91. The smallest absolute Gasteiger partial charge is 0.270 e. The number of benzene rings is 1. The van der Waals surface area contributed by atoms with E-state index < -0.39 is 9.84 Å². The molecule has 3 aromatic rings. The van der Waals surface area contributed by atoms with Gasteiger partial charge in [-0.05, 0) is 50.2 Å². The topological polar surface area (TPSA) is 95.8 Å². The molecule has 0 spiro atoms. The Kier molecular flexibility index (Phi) is 6.99. The summed E-state index contributed by atoms with van der Waals surface area (Å²) in [6, 6.07) is 11.1. The van der Waals surface area contributed by atoms with Crippen LogP contribution in [0, 0.1) is 0 Å². The number of carbonyl (C=O) groups excluding carboxylic acids is 2. The number of sulfone groups is 1. The number of halogens is 1. The van der Waals surface area contributed by atoms with Gasteiger partial charge in [-0.3, -0.25) is 14.5 Å². The van der Waals surface area contributed by atoms with Gasteiger partial charge in [-0.1, -0.05) is 11.6 Å². The average Bonchev–Trinajstić information content (AvgIpc) is 3.27. The Balaban J connectivity index is 1.50. The Labute approximate surface area is 221 Å².